The number of nitrogens with one attached hydrogen (secondary N) is 1. The zero-order valence-corrected chi connectivity index (χ0v) is 8.29. The second-order valence-electron chi connectivity index (χ2n) is 4.69. The van der Waals surface area contributed by atoms with Gasteiger partial charge in [0.25, 0.3) is 0 Å². The largest absolute Gasteiger partial charge is 0.440 e. The van der Waals surface area contributed by atoms with E-state index in [1.165, 1.54) is 12.8 Å². The summed E-state index contributed by atoms with van der Waals surface area (Å²) in [7, 11) is 0. The minimum Gasteiger partial charge on any atom is -0.440 e. The Hall–Kier alpha value is -0.770. The minimum absolute atomic E-state index is 0.0869. The molecule has 3 fully saturated rings. The number of carbonyl (C=O) groups excluding carboxylic acids is 1. The quantitative estimate of drug-likeness (QED) is 0.672. The van der Waals surface area contributed by atoms with Crippen LogP contribution in [0.3, 0.4) is 0 Å². The average molecular weight is 196 g/mol. The van der Waals surface area contributed by atoms with Gasteiger partial charge in [0, 0.05) is 12.6 Å². The van der Waals surface area contributed by atoms with Crippen LogP contribution < -0.4 is 5.32 Å². The molecule has 0 radical (unpaired) electrons. The molecule has 2 heterocycles. The highest BCUT2D eigenvalue weighted by atomic mass is 16.6. The Balaban J connectivity index is 1.73. The van der Waals surface area contributed by atoms with E-state index in [1.807, 2.05) is 4.90 Å². The van der Waals surface area contributed by atoms with Crippen molar-refractivity contribution < 1.29 is 9.53 Å². The molecule has 2 saturated heterocycles. The maximum atomic E-state index is 11.6. The van der Waals surface area contributed by atoms with E-state index in [1.54, 1.807) is 0 Å². The molecule has 1 amide bonds. The van der Waals surface area contributed by atoms with Gasteiger partial charge in [-0.15, -0.1) is 0 Å². The molecule has 1 spiro atoms. The summed E-state index contributed by atoms with van der Waals surface area (Å²) in [6.45, 7) is 2.70. The molecular formula is C10H16N2O2. The standard InChI is InChI=1S/C10H16N2O2/c13-9-12(8-2-3-8)7-10(14-9)4-1-5-11-6-10/h8,11H,1-7H2. The highest BCUT2D eigenvalue weighted by Gasteiger charge is 2.49. The van der Waals surface area contributed by atoms with Gasteiger partial charge >= 0.3 is 6.09 Å². The molecular weight excluding hydrogens is 180 g/mol. The molecule has 78 valence electrons. The number of amides is 1. The normalized spacial score (nSPS) is 37.7. The van der Waals surface area contributed by atoms with Crippen LogP contribution in [0.15, 0.2) is 0 Å². The lowest BCUT2D eigenvalue weighted by molar-refractivity contribution is 0.0366. The second-order valence-corrected chi connectivity index (χ2v) is 4.69. The van der Waals surface area contributed by atoms with Crippen LogP contribution in [0.25, 0.3) is 0 Å². The first-order valence-electron chi connectivity index (χ1n) is 5.49. The van der Waals surface area contributed by atoms with Crippen molar-refractivity contribution in [1.82, 2.24) is 10.2 Å². The fourth-order valence-corrected chi connectivity index (χ4v) is 2.48. The van der Waals surface area contributed by atoms with E-state index in [2.05, 4.69) is 5.32 Å². The molecule has 0 aromatic carbocycles. The molecule has 0 aromatic heterocycles. The van der Waals surface area contributed by atoms with Crippen molar-refractivity contribution in [2.45, 2.75) is 37.3 Å². The van der Waals surface area contributed by atoms with E-state index >= 15 is 0 Å². The minimum atomic E-state index is -0.197. The molecule has 14 heavy (non-hydrogen) atoms. The lowest BCUT2D eigenvalue weighted by Crippen LogP contribution is -2.48. The van der Waals surface area contributed by atoms with Crippen molar-refractivity contribution in [3.63, 3.8) is 0 Å². The first-order chi connectivity index (χ1) is 6.79. The van der Waals surface area contributed by atoms with Crippen molar-refractivity contribution in [1.29, 1.82) is 0 Å². The highest BCUT2D eigenvalue weighted by Crippen LogP contribution is 2.36. The van der Waals surface area contributed by atoms with Crippen LogP contribution in [0.2, 0.25) is 0 Å². The third kappa shape index (κ3) is 1.29. The molecule has 2 aliphatic heterocycles. The predicted octanol–water partition coefficient (Wildman–Crippen LogP) is 0.723. The van der Waals surface area contributed by atoms with Crippen LogP contribution in [0.5, 0.6) is 0 Å². The van der Waals surface area contributed by atoms with E-state index in [-0.39, 0.29) is 11.7 Å². The van der Waals surface area contributed by atoms with Crippen molar-refractivity contribution in [3.05, 3.63) is 0 Å². The highest BCUT2D eigenvalue weighted by molar-refractivity contribution is 5.71. The summed E-state index contributed by atoms with van der Waals surface area (Å²) in [4.78, 5) is 13.5. The van der Waals surface area contributed by atoms with Crippen LogP contribution in [0.4, 0.5) is 4.79 Å². The summed E-state index contributed by atoms with van der Waals surface area (Å²) >= 11 is 0. The van der Waals surface area contributed by atoms with Crippen molar-refractivity contribution in [2.75, 3.05) is 19.6 Å². The van der Waals surface area contributed by atoms with Gasteiger partial charge in [-0.05, 0) is 32.2 Å². The number of ether oxygens (including phenoxy) is 1. The summed E-state index contributed by atoms with van der Waals surface area (Å²) in [6.07, 6.45) is 4.38. The molecule has 1 saturated carbocycles. The van der Waals surface area contributed by atoms with Gasteiger partial charge in [0.1, 0.15) is 5.60 Å². The van der Waals surface area contributed by atoms with E-state index in [4.69, 9.17) is 4.74 Å². The molecule has 1 unspecified atom stereocenters. The van der Waals surface area contributed by atoms with Gasteiger partial charge in [-0.3, -0.25) is 0 Å². The van der Waals surface area contributed by atoms with Gasteiger partial charge in [-0.1, -0.05) is 0 Å². The summed E-state index contributed by atoms with van der Waals surface area (Å²) in [5.41, 5.74) is -0.197. The van der Waals surface area contributed by atoms with Gasteiger partial charge in [0.2, 0.25) is 0 Å². The monoisotopic (exact) mass is 196 g/mol. The molecule has 1 N–H and O–H groups in total. The molecule has 3 rings (SSSR count). The Kier molecular flexibility index (Phi) is 1.74. The van der Waals surface area contributed by atoms with E-state index in [0.29, 0.717) is 6.04 Å². The number of piperidine rings is 1. The molecule has 4 nitrogen and oxygen atoms in total. The molecule has 1 aliphatic carbocycles. The first kappa shape index (κ1) is 8.53. The van der Waals surface area contributed by atoms with Crippen LogP contribution in [0, 0.1) is 0 Å². The maximum absolute atomic E-state index is 11.6. The third-order valence-corrected chi connectivity index (χ3v) is 3.42. The third-order valence-electron chi connectivity index (χ3n) is 3.42. The van der Waals surface area contributed by atoms with Crippen molar-refractivity contribution >= 4 is 6.09 Å². The van der Waals surface area contributed by atoms with Gasteiger partial charge in [0.05, 0.1) is 6.54 Å². The van der Waals surface area contributed by atoms with E-state index in [9.17, 15) is 4.79 Å². The molecule has 0 aromatic rings. The topological polar surface area (TPSA) is 41.6 Å². The summed E-state index contributed by atoms with van der Waals surface area (Å²) in [5, 5.41) is 3.31. The number of carbonyl (C=O) groups is 1. The van der Waals surface area contributed by atoms with Gasteiger partial charge in [0.15, 0.2) is 0 Å². The smallest absolute Gasteiger partial charge is 0.410 e. The Morgan fingerprint density at radius 3 is 3.00 bits per heavy atom. The maximum Gasteiger partial charge on any atom is 0.410 e. The lowest BCUT2D eigenvalue weighted by Gasteiger charge is -2.31. The number of hydrogen-bond donors (Lipinski definition) is 1. The molecule has 0 bridgehead atoms. The van der Waals surface area contributed by atoms with Crippen molar-refractivity contribution in [3.8, 4) is 0 Å². The first-order valence-corrected chi connectivity index (χ1v) is 5.49. The van der Waals surface area contributed by atoms with E-state index < -0.39 is 0 Å². The van der Waals surface area contributed by atoms with Crippen LogP contribution in [-0.4, -0.2) is 42.3 Å². The molecule has 4 heteroatoms. The fourth-order valence-electron chi connectivity index (χ4n) is 2.48. The fraction of sp³-hybridized carbons (Fsp3) is 0.900. The SMILES string of the molecule is O=C1OC2(CCCNC2)CN1C1CC1. The average Bonchev–Trinajstić information content (AvgIpc) is 2.95. The summed E-state index contributed by atoms with van der Waals surface area (Å²) < 4.78 is 5.53. The van der Waals surface area contributed by atoms with Gasteiger partial charge in [-0.2, -0.15) is 0 Å². The summed E-state index contributed by atoms with van der Waals surface area (Å²) in [6, 6.07) is 0.490. The summed E-state index contributed by atoms with van der Waals surface area (Å²) in [5.74, 6) is 0. The lowest BCUT2D eigenvalue weighted by atomic mass is 9.94. The van der Waals surface area contributed by atoms with Crippen molar-refractivity contribution in [2.24, 2.45) is 0 Å². The van der Waals surface area contributed by atoms with E-state index in [0.717, 1.165) is 32.5 Å². The van der Waals surface area contributed by atoms with Crippen LogP contribution >= 0.6 is 0 Å². The zero-order chi connectivity index (χ0) is 9.60. The number of rotatable bonds is 1. The molecule has 1 atom stereocenters. The Morgan fingerprint density at radius 2 is 2.36 bits per heavy atom. The van der Waals surface area contributed by atoms with Gasteiger partial charge in [-0.25, -0.2) is 4.79 Å². The molecule has 3 aliphatic rings. The number of hydrogen-bond acceptors (Lipinski definition) is 3. The zero-order valence-electron chi connectivity index (χ0n) is 8.29. The van der Waals surface area contributed by atoms with Crippen LogP contribution in [0.1, 0.15) is 25.7 Å². The van der Waals surface area contributed by atoms with Crippen LogP contribution in [-0.2, 0) is 4.74 Å². The second kappa shape index (κ2) is 2.86. The Bertz CT molecular complexity index is 257. The van der Waals surface area contributed by atoms with Gasteiger partial charge < -0.3 is 15.0 Å². The Labute approximate surface area is 83.6 Å². The number of nitrogens with zero attached hydrogens (tertiary/aromatic N) is 1. The predicted molar refractivity (Wildman–Crippen MR) is 51.0 cm³/mol. The Morgan fingerprint density at radius 1 is 1.50 bits per heavy atom.